The number of piperidine rings is 1. The van der Waals surface area contributed by atoms with Crippen molar-refractivity contribution in [2.24, 2.45) is 0 Å². The highest BCUT2D eigenvalue weighted by Gasteiger charge is 2.43. The van der Waals surface area contributed by atoms with E-state index in [0.717, 1.165) is 37.3 Å². The number of morpholine rings is 1. The Morgan fingerprint density at radius 1 is 1.11 bits per heavy atom. The van der Waals surface area contributed by atoms with Gasteiger partial charge in [-0.3, -0.25) is 9.69 Å². The average Bonchev–Trinajstić information content (AvgIpc) is 2.73. The Labute approximate surface area is 166 Å². The Morgan fingerprint density at radius 3 is 2.50 bits per heavy atom. The highest BCUT2D eigenvalue weighted by Crippen LogP contribution is 2.45. The molecule has 1 atom stereocenters. The second kappa shape index (κ2) is 7.89. The maximum atomic E-state index is 13.0. The lowest BCUT2D eigenvalue weighted by Crippen LogP contribution is -2.56. The van der Waals surface area contributed by atoms with Gasteiger partial charge in [0.15, 0.2) is 11.5 Å². The molecular weight excluding hydrogens is 360 g/mol. The number of fused-ring (bicyclic) bond motifs is 2. The number of methoxy groups -OCH3 is 2. The molecule has 154 valence electrons. The molecule has 0 unspecified atom stereocenters. The van der Waals surface area contributed by atoms with Crippen molar-refractivity contribution in [3.63, 3.8) is 0 Å². The van der Waals surface area contributed by atoms with Crippen LogP contribution in [0, 0.1) is 0 Å². The molecule has 3 aliphatic rings. The van der Waals surface area contributed by atoms with E-state index >= 15 is 0 Å². The summed E-state index contributed by atoms with van der Waals surface area (Å²) in [4.78, 5) is 17.1. The lowest BCUT2D eigenvalue weighted by Gasteiger charge is -2.46. The van der Waals surface area contributed by atoms with Gasteiger partial charge in [0.1, 0.15) is 6.04 Å². The van der Waals surface area contributed by atoms with E-state index in [1.54, 1.807) is 14.2 Å². The zero-order chi connectivity index (χ0) is 19.7. The van der Waals surface area contributed by atoms with E-state index in [2.05, 4.69) is 17.0 Å². The van der Waals surface area contributed by atoms with Gasteiger partial charge >= 0.3 is 0 Å². The maximum Gasteiger partial charge on any atom is 0.242 e. The minimum Gasteiger partial charge on any atom is -0.493 e. The van der Waals surface area contributed by atoms with Crippen LogP contribution in [0.3, 0.4) is 0 Å². The smallest absolute Gasteiger partial charge is 0.242 e. The predicted molar refractivity (Wildman–Crippen MR) is 104 cm³/mol. The standard InChI is InChI=1S/C21H30N2O5/c1-22-9-11-27-14-17(22)20(24)23-7-5-21(6-8-23)16-13-19(26-3)18(25-2)12-15(16)4-10-28-21/h12-13,17H,4-11,14H2,1-3H3/t17-/m0/s1. The molecule has 1 amide bonds. The molecule has 1 aromatic rings. The predicted octanol–water partition coefficient (Wildman–Crippen LogP) is 1.42. The molecule has 7 heteroatoms. The number of likely N-dealkylation sites (tertiary alicyclic amines) is 1. The normalized spacial score (nSPS) is 24.7. The number of hydrogen-bond donors (Lipinski definition) is 0. The Kier molecular flexibility index (Phi) is 5.49. The van der Waals surface area contributed by atoms with E-state index < -0.39 is 0 Å². The molecule has 0 radical (unpaired) electrons. The first-order valence-electron chi connectivity index (χ1n) is 10.0. The summed E-state index contributed by atoms with van der Waals surface area (Å²) >= 11 is 0. The molecule has 1 spiro atoms. The SMILES string of the molecule is COc1cc2c(cc1OC)C1(CCN(C(=O)[C@@H]3COCCN3C)CC1)OCC2. The lowest BCUT2D eigenvalue weighted by atomic mass is 9.79. The van der Waals surface area contributed by atoms with Crippen molar-refractivity contribution < 1.29 is 23.7 Å². The molecular formula is C21H30N2O5. The second-order valence-electron chi connectivity index (χ2n) is 7.85. The van der Waals surface area contributed by atoms with Crippen LogP contribution >= 0.6 is 0 Å². The molecule has 0 N–H and O–H groups in total. The minimum atomic E-state index is -0.348. The molecule has 7 nitrogen and oxygen atoms in total. The van der Waals surface area contributed by atoms with Gasteiger partial charge in [0.05, 0.1) is 39.6 Å². The molecule has 0 bridgehead atoms. The van der Waals surface area contributed by atoms with Crippen LogP contribution in [0.4, 0.5) is 0 Å². The van der Waals surface area contributed by atoms with E-state index in [1.807, 2.05) is 11.9 Å². The lowest BCUT2D eigenvalue weighted by molar-refractivity contribution is -0.150. The van der Waals surface area contributed by atoms with Crippen LogP contribution in [0.5, 0.6) is 11.5 Å². The van der Waals surface area contributed by atoms with Crippen LogP contribution in [0.15, 0.2) is 12.1 Å². The van der Waals surface area contributed by atoms with Gasteiger partial charge in [-0.15, -0.1) is 0 Å². The maximum absolute atomic E-state index is 13.0. The van der Waals surface area contributed by atoms with Crippen molar-refractivity contribution in [1.82, 2.24) is 9.80 Å². The number of rotatable bonds is 3. The zero-order valence-electron chi connectivity index (χ0n) is 17.0. The summed E-state index contributed by atoms with van der Waals surface area (Å²) < 4.78 is 22.9. The van der Waals surface area contributed by atoms with Gasteiger partial charge in [0.25, 0.3) is 0 Å². The summed E-state index contributed by atoms with van der Waals surface area (Å²) in [5, 5.41) is 0. The van der Waals surface area contributed by atoms with Crippen LogP contribution in [0.25, 0.3) is 0 Å². The quantitative estimate of drug-likeness (QED) is 0.778. The Bertz CT molecular complexity index is 730. The number of amides is 1. The van der Waals surface area contributed by atoms with Crippen molar-refractivity contribution in [2.75, 3.05) is 60.7 Å². The number of hydrogen-bond acceptors (Lipinski definition) is 6. The van der Waals surface area contributed by atoms with Crippen LogP contribution in [-0.4, -0.2) is 82.5 Å². The van der Waals surface area contributed by atoms with Crippen LogP contribution in [0.2, 0.25) is 0 Å². The minimum absolute atomic E-state index is 0.167. The fourth-order valence-corrected chi connectivity index (χ4v) is 4.65. The Balaban J connectivity index is 1.52. The topological polar surface area (TPSA) is 60.5 Å². The van der Waals surface area contributed by atoms with Gasteiger partial charge in [0, 0.05) is 19.6 Å². The van der Waals surface area contributed by atoms with Crippen LogP contribution < -0.4 is 9.47 Å². The van der Waals surface area contributed by atoms with Crippen molar-refractivity contribution in [3.05, 3.63) is 23.3 Å². The monoisotopic (exact) mass is 390 g/mol. The van der Waals surface area contributed by atoms with Crippen LogP contribution in [-0.2, 0) is 26.3 Å². The van der Waals surface area contributed by atoms with Gasteiger partial charge in [-0.25, -0.2) is 0 Å². The van der Waals surface area contributed by atoms with Crippen molar-refractivity contribution in [1.29, 1.82) is 0 Å². The summed E-state index contributed by atoms with van der Waals surface area (Å²) in [5.74, 6) is 1.65. The molecule has 1 aromatic carbocycles. The number of nitrogens with zero attached hydrogens (tertiary/aromatic N) is 2. The van der Waals surface area contributed by atoms with E-state index in [4.69, 9.17) is 18.9 Å². The summed E-state index contributed by atoms with van der Waals surface area (Å²) in [6.45, 7) is 4.04. The van der Waals surface area contributed by atoms with Crippen molar-refractivity contribution >= 4 is 5.91 Å². The Morgan fingerprint density at radius 2 is 1.82 bits per heavy atom. The van der Waals surface area contributed by atoms with Gasteiger partial charge in [-0.2, -0.15) is 0 Å². The molecule has 0 saturated carbocycles. The summed E-state index contributed by atoms with van der Waals surface area (Å²) in [6.07, 6.45) is 2.45. The Hall–Kier alpha value is -1.83. The number of benzene rings is 1. The zero-order valence-corrected chi connectivity index (χ0v) is 17.0. The highest BCUT2D eigenvalue weighted by atomic mass is 16.5. The molecule has 2 saturated heterocycles. The van der Waals surface area contributed by atoms with Crippen molar-refractivity contribution in [3.8, 4) is 11.5 Å². The van der Waals surface area contributed by atoms with Crippen molar-refractivity contribution in [2.45, 2.75) is 30.9 Å². The third kappa shape index (κ3) is 3.36. The van der Waals surface area contributed by atoms with Crippen LogP contribution in [0.1, 0.15) is 24.0 Å². The molecule has 28 heavy (non-hydrogen) atoms. The summed E-state index contributed by atoms with van der Waals surface area (Å²) in [5.41, 5.74) is 2.09. The van der Waals surface area contributed by atoms with Gasteiger partial charge in [-0.05, 0) is 49.6 Å². The average molecular weight is 390 g/mol. The number of ether oxygens (including phenoxy) is 4. The van der Waals surface area contributed by atoms with Gasteiger partial charge in [-0.1, -0.05) is 0 Å². The first-order valence-corrected chi connectivity index (χ1v) is 10.0. The van der Waals surface area contributed by atoms with E-state index in [9.17, 15) is 4.79 Å². The third-order valence-corrected chi connectivity index (χ3v) is 6.41. The summed E-state index contributed by atoms with van der Waals surface area (Å²) in [6, 6.07) is 3.96. The molecule has 0 aliphatic carbocycles. The number of likely N-dealkylation sites (N-methyl/N-ethyl adjacent to an activating group) is 1. The molecule has 4 rings (SSSR count). The molecule has 0 aromatic heterocycles. The number of carbonyl (C=O) groups excluding carboxylic acids is 1. The fraction of sp³-hybridized carbons (Fsp3) is 0.667. The first kappa shape index (κ1) is 19.5. The van der Waals surface area contributed by atoms with E-state index in [-0.39, 0.29) is 17.6 Å². The second-order valence-corrected chi connectivity index (χ2v) is 7.85. The fourth-order valence-electron chi connectivity index (χ4n) is 4.65. The third-order valence-electron chi connectivity index (χ3n) is 6.41. The van der Waals surface area contributed by atoms with E-state index in [1.165, 1.54) is 11.1 Å². The molecule has 2 fully saturated rings. The van der Waals surface area contributed by atoms with Gasteiger partial charge < -0.3 is 23.8 Å². The van der Waals surface area contributed by atoms with E-state index in [0.29, 0.717) is 32.9 Å². The summed E-state index contributed by atoms with van der Waals surface area (Å²) in [7, 11) is 5.32. The molecule has 3 aliphatic heterocycles. The highest BCUT2D eigenvalue weighted by molar-refractivity contribution is 5.82. The van der Waals surface area contributed by atoms with Gasteiger partial charge in [0.2, 0.25) is 5.91 Å². The first-order chi connectivity index (χ1) is 13.6. The number of carbonyl (C=O) groups is 1. The largest absolute Gasteiger partial charge is 0.493 e. The molecule has 3 heterocycles.